The molecule has 2 rings (SSSR count). The van der Waals surface area contributed by atoms with E-state index in [1.165, 1.54) is 7.11 Å². The highest BCUT2D eigenvalue weighted by Crippen LogP contribution is 2.20. The molecule has 2 aromatic heterocycles. The molecular weight excluding hydrogens is 324 g/mol. The summed E-state index contributed by atoms with van der Waals surface area (Å²) in [7, 11) is -2.56. The first-order chi connectivity index (χ1) is 10.8. The lowest BCUT2D eigenvalue weighted by Gasteiger charge is -2.16. The number of aromatic carboxylic acids is 1. The lowest BCUT2D eigenvalue weighted by Crippen LogP contribution is -2.31. The van der Waals surface area contributed by atoms with Crippen LogP contribution >= 0.6 is 0 Å². The number of nitrogens with zero attached hydrogens (tertiary/aromatic N) is 1. The van der Waals surface area contributed by atoms with Crippen molar-refractivity contribution in [2.75, 3.05) is 13.7 Å². The van der Waals surface area contributed by atoms with Gasteiger partial charge in [-0.2, -0.15) is 4.72 Å². The molecule has 0 saturated carbocycles. The number of pyridine rings is 1. The van der Waals surface area contributed by atoms with Crippen molar-refractivity contribution in [3.63, 3.8) is 0 Å². The van der Waals surface area contributed by atoms with Gasteiger partial charge in [-0.05, 0) is 25.1 Å². The first-order valence-electron chi connectivity index (χ1n) is 6.59. The lowest BCUT2D eigenvalue weighted by molar-refractivity contribution is 0.0696. The molecule has 2 N–H and O–H groups in total. The van der Waals surface area contributed by atoms with Gasteiger partial charge in [-0.1, -0.05) is 0 Å². The molecule has 0 saturated heterocycles. The van der Waals surface area contributed by atoms with Crippen LogP contribution in [0.2, 0.25) is 0 Å². The fourth-order valence-corrected chi connectivity index (χ4v) is 3.10. The summed E-state index contributed by atoms with van der Waals surface area (Å²) < 4.78 is 37.7. The standard InChI is InChI=1S/C14H16N2O6S/c1-9-3-4-13(22-9)12(8-21-2)16-23(19,20)11-5-10(14(17)18)6-15-7-11/h3-7,12,16H,8H2,1-2H3,(H,17,18). The van der Waals surface area contributed by atoms with Gasteiger partial charge in [0.25, 0.3) is 0 Å². The Hall–Kier alpha value is -2.23. The number of aromatic nitrogens is 1. The van der Waals surface area contributed by atoms with E-state index < -0.39 is 22.0 Å². The van der Waals surface area contributed by atoms with Crippen LogP contribution in [0.15, 0.2) is 39.9 Å². The minimum atomic E-state index is -3.99. The molecular formula is C14H16N2O6S. The second-order valence-electron chi connectivity index (χ2n) is 4.79. The molecule has 124 valence electrons. The smallest absolute Gasteiger partial charge is 0.337 e. The zero-order valence-electron chi connectivity index (χ0n) is 12.5. The van der Waals surface area contributed by atoms with Crippen LogP contribution in [0, 0.1) is 6.92 Å². The van der Waals surface area contributed by atoms with Gasteiger partial charge in [0.2, 0.25) is 10.0 Å². The summed E-state index contributed by atoms with van der Waals surface area (Å²) in [5.74, 6) is -0.227. The fourth-order valence-electron chi connectivity index (χ4n) is 1.92. The molecule has 1 atom stereocenters. The van der Waals surface area contributed by atoms with E-state index in [2.05, 4.69) is 9.71 Å². The topological polar surface area (TPSA) is 119 Å². The monoisotopic (exact) mass is 340 g/mol. The maximum Gasteiger partial charge on any atom is 0.337 e. The third kappa shape index (κ3) is 4.15. The highest BCUT2D eigenvalue weighted by molar-refractivity contribution is 7.89. The normalized spacial score (nSPS) is 13.0. The summed E-state index contributed by atoms with van der Waals surface area (Å²) in [4.78, 5) is 14.3. The molecule has 0 aliphatic heterocycles. The van der Waals surface area contributed by atoms with Crippen molar-refractivity contribution in [3.05, 3.63) is 47.7 Å². The maximum atomic E-state index is 12.4. The number of methoxy groups -OCH3 is 1. The summed E-state index contributed by atoms with van der Waals surface area (Å²) in [6, 6.07) is 3.65. The van der Waals surface area contributed by atoms with Crippen molar-refractivity contribution in [1.29, 1.82) is 0 Å². The van der Waals surface area contributed by atoms with E-state index in [1.54, 1.807) is 19.1 Å². The highest BCUT2D eigenvalue weighted by atomic mass is 32.2. The SMILES string of the molecule is COCC(NS(=O)(=O)c1cncc(C(=O)O)c1)c1ccc(C)o1. The largest absolute Gasteiger partial charge is 0.478 e. The number of rotatable bonds is 7. The minimum Gasteiger partial charge on any atom is -0.478 e. The van der Waals surface area contributed by atoms with Gasteiger partial charge < -0.3 is 14.3 Å². The molecule has 0 aliphatic carbocycles. The predicted octanol–water partition coefficient (Wildman–Crippen LogP) is 1.35. The van der Waals surface area contributed by atoms with Crippen molar-refractivity contribution >= 4 is 16.0 Å². The summed E-state index contributed by atoms with van der Waals surface area (Å²) in [5.41, 5.74) is -0.218. The van der Waals surface area contributed by atoms with Crippen LogP contribution in [0.1, 0.15) is 27.9 Å². The molecule has 8 nitrogen and oxygen atoms in total. The number of aryl methyl sites for hydroxylation is 1. The Kier molecular flexibility index (Phi) is 5.14. The molecule has 0 radical (unpaired) electrons. The van der Waals surface area contributed by atoms with Crippen molar-refractivity contribution in [3.8, 4) is 0 Å². The van der Waals surface area contributed by atoms with Gasteiger partial charge in [0.05, 0.1) is 12.2 Å². The first-order valence-corrected chi connectivity index (χ1v) is 8.08. The Labute approximate surface area is 133 Å². The van der Waals surface area contributed by atoms with Gasteiger partial charge in [-0.3, -0.25) is 4.98 Å². The average Bonchev–Trinajstić information content (AvgIpc) is 2.93. The molecule has 2 aromatic rings. The molecule has 0 bridgehead atoms. The zero-order chi connectivity index (χ0) is 17.0. The lowest BCUT2D eigenvalue weighted by atomic mass is 10.2. The predicted molar refractivity (Wildman–Crippen MR) is 79.6 cm³/mol. The van der Waals surface area contributed by atoms with Gasteiger partial charge >= 0.3 is 5.97 Å². The number of hydrogen-bond acceptors (Lipinski definition) is 6. The highest BCUT2D eigenvalue weighted by Gasteiger charge is 2.24. The minimum absolute atomic E-state index is 0.0538. The molecule has 1 unspecified atom stereocenters. The number of furan rings is 1. The Morgan fingerprint density at radius 3 is 2.74 bits per heavy atom. The summed E-state index contributed by atoms with van der Waals surface area (Å²) in [6.45, 7) is 1.79. The molecule has 0 aromatic carbocycles. The van der Waals surface area contributed by atoms with Crippen LogP contribution in [0.3, 0.4) is 0 Å². The van der Waals surface area contributed by atoms with Gasteiger partial charge in [-0.25, -0.2) is 13.2 Å². The molecule has 0 aliphatic rings. The van der Waals surface area contributed by atoms with Crippen molar-refractivity contribution in [2.24, 2.45) is 0 Å². The number of ether oxygens (including phenoxy) is 1. The zero-order valence-corrected chi connectivity index (χ0v) is 13.3. The van der Waals surface area contributed by atoms with Crippen molar-refractivity contribution in [1.82, 2.24) is 9.71 Å². The number of nitrogens with one attached hydrogen (secondary N) is 1. The molecule has 0 amide bonds. The van der Waals surface area contributed by atoms with Gasteiger partial charge in [0.1, 0.15) is 22.5 Å². The first kappa shape index (κ1) is 17.1. The van der Waals surface area contributed by atoms with E-state index in [9.17, 15) is 13.2 Å². The van der Waals surface area contributed by atoms with E-state index in [0.29, 0.717) is 11.5 Å². The van der Waals surface area contributed by atoms with Crippen LogP contribution < -0.4 is 4.72 Å². The van der Waals surface area contributed by atoms with Crippen LogP contribution in [0.25, 0.3) is 0 Å². The molecule has 2 heterocycles. The number of hydrogen-bond donors (Lipinski definition) is 2. The number of carboxylic acid groups (broad SMARTS) is 1. The summed E-state index contributed by atoms with van der Waals surface area (Å²) in [6.07, 6.45) is 2.15. The average molecular weight is 340 g/mol. The third-order valence-electron chi connectivity index (χ3n) is 3.01. The van der Waals surface area contributed by atoms with Crippen LogP contribution in [-0.4, -0.2) is 38.2 Å². The second-order valence-corrected chi connectivity index (χ2v) is 6.51. The number of carboxylic acids is 1. The van der Waals surface area contributed by atoms with E-state index in [4.69, 9.17) is 14.3 Å². The Balaban J connectivity index is 2.31. The second kappa shape index (κ2) is 6.90. The van der Waals surface area contributed by atoms with Gasteiger partial charge in [-0.15, -0.1) is 0 Å². The number of carbonyl (C=O) groups is 1. The van der Waals surface area contributed by atoms with Crippen LogP contribution in [0.4, 0.5) is 0 Å². The summed E-state index contributed by atoms with van der Waals surface area (Å²) >= 11 is 0. The van der Waals surface area contributed by atoms with Crippen molar-refractivity contribution in [2.45, 2.75) is 17.9 Å². The van der Waals surface area contributed by atoms with E-state index in [1.807, 2.05) is 0 Å². The molecule has 23 heavy (non-hydrogen) atoms. The Morgan fingerprint density at radius 1 is 1.43 bits per heavy atom. The maximum absolute atomic E-state index is 12.4. The molecule has 9 heteroatoms. The third-order valence-corrected chi connectivity index (χ3v) is 4.44. The van der Waals surface area contributed by atoms with E-state index in [-0.39, 0.29) is 17.1 Å². The van der Waals surface area contributed by atoms with E-state index >= 15 is 0 Å². The molecule has 0 spiro atoms. The van der Waals surface area contributed by atoms with Crippen LogP contribution in [-0.2, 0) is 14.8 Å². The quantitative estimate of drug-likeness (QED) is 0.780. The Morgan fingerprint density at radius 2 is 2.17 bits per heavy atom. The molecule has 0 fully saturated rings. The number of sulfonamides is 1. The van der Waals surface area contributed by atoms with Crippen LogP contribution in [0.5, 0.6) is 0 Å². The fraction of sp³-hybridized carbons (Fsp3) is 0.286. The van der Waals surface area contributed by atoms with Gasteiger partial charge in [0, 0.05) is 19.5 Å². The Bertz CT molecular complexity index is 799. The van der Waals surface area contributed by atoms with Gasteiger partial charge in [0.15, 0.2) is 0 Å². The summed E-state index contributed by atoms with van der Waals surface area (Å²) in [5, 5.41) is 8.93. The van der Waals surface area contributed by atoms with Crippen molar-refractivity contribution < 1.29 is 27.5 Å². The van der Waals surface area contributed by atoms with E-state index in [0.717, 1.165) is 18.5 Å².